The van der Waals surface area contributed by atoms with Crippen molar-refractivity contribution in [2.75, 3.05) is 0 Å². The maximum atomic E-state index is 3.25. The van der Waals surface area contributed by atoms with Crippen molar-refractivity contribution in [2.45, 2.75) is 25.7 Å². The van der Waals surface area contributed by atoms with E-state index in [0.717, 1.165) is 0 Å². The first kappa shape index (κ1) is 23.5. The molecule has 1 rings (SSSR count). The molecular formula is C13H23Ru. The van der Waals surface area contributed by atoms with Gasteiger partial charge >= 0.3 is 19.5 Å². The Labute approximate surface area is 104 Å². The second-order valence-electron chi connectivity index (χ2n) is 2.39. The van der Waals surface area contributed by atoms with Crippen LogP contribution in [0.2, 0.25) is 0 Å². The predicted octanol–water partition coefficient (Wildman–Crippen LogP) is 4.58. The molecule has 0 fully saturated rings. The Bertz CT molecular complexity index is 108. The van der Waals surface area contributed by atoms with Gasteiger partial charge in [0.15, 0.2) is 0 Å². The molecule has 0 saturated carbocycles. The normalized spacial score (nSPS) is 14.6. The average molecular weight is 280 g/mol. The first-order chi connectivity index (χ1) is 5.41. The molecule has 0 spiro atoms. The first-order valence-electron chi connectivity index (χ1n) is 4.12. The van der Waals surface area contributed by atoms with Crippen molar-refractivity contribution in [3.05, 3.63) is 58.7 Å². The standard InChI is InChI=1S/C8H12.C3H5.2CH3.Ru/c1-2-4-6-8-7-5-3-1;1-3-2;;;/h1-2,7-8H,3-6H2;3H,1-2H2;2*1H3;/q;3*-1;+3/b2-1-,8-7?;;;;. The topological polar surface area (TPSA) is 0 Å². The Balaban J connectivity index is -0.0000000758. The molecular weight excluding hydrogens is 257 g/mol. The van der Waals surface area contributed by atoms with Crippen molar-refractivity contribution in [1.29, 1.82) is 0 Å². The molecule has 1 aliphatic carbocycles. The van der Waals surface area contributed by atoms with Gasteiger partial charge in [-0.2, -0.15) is 0 Å². The van der Waals surface area contributed by atoms with E-state index in [2.05, 4.69) is 37.8 Å². The minimum atomic E-state index is 0. The van der Waals surface area contributed by atoms with E-state index in [-0.39, 0.29) is 34.3 Å². The Kier molecular flexibility index (Phi) is 38.6. The van der Waals surface area contributed by atoms with Crippen LogP contribution in [0, 0.1) is 21.8 Å². The van der Waals surface area contributed by atoms with Crippen LogP contribution in [-0.4, -0.2) is 0 Å². The van der Waals surface area contributed by atoms with Crippen LogP contribution in [0.4, 0.5) is 0 Å². The summed E-state index contributed by atoms with van der Waals surface area (Å²) in [5.74, 6) is 0. The molecule has 0 nitrogen and oxygen atoms in total. The molecule has 0 heterocycles. The molecule has 0 aromatic rings. The first-order valence-corrected chi connectivity index (χ1v) is 4.12. The van der Waals surface area contributed by atoms with Gasteiger partial charge in [-0.25, -0.2) is 19.6 Å². The number of hydrogen-bond donors (Lipinski definition) is 0. The summed E-state index contributed by atoms with van der Waals surface area (Å²) in [6.45, 7) is 6.50. The van der Waals surface area contributed by atoms with E-state index in [1.165, 1.54) is 31.8 Å². The molecule has 0 amide bonds. The minimum Gasteiger partial charge on any atom is -0.358 e. The molecule has 0 unspecified atom stereocenters. The van der Waals surface area contributed by atoms with Gasteiger partial charge in [0.25, 0.3) is 0 Å². The van der Waals surface area contributed by atoms with Crippen LogP contribution in [0.1, 0.15) is 25.7 Å². The maximum Gasteiger partial charge on any atom is 3.00 e. The van der Waals surface area contributed by atoms with Gasteiger partial charge in [0, 0.05) is 0 Å². The summed E-state index contributed by atoms with van der Waals surface area (Å²) in [5.41, 5.74) is 0. The van der Waals surface area contributed by atoms with Crippen molar-refractivity contribution in [3.63, 3.8) is 0 Å². The fourth-order valence-electron chi connectivity index (χ4n) is 0.856. The van der Waals surface area contributed by atoms with Crippen LogP contribution in [0.5, 0.6) is 0 Å². The van der Waals surface area contributed by atoms with Crippen molar-refractivity contribution in [2.24, 2.45) is 0 Å². The van der Waals surface area contributed by atoms with Gasteiger partial charge in [0.1, 0.15) is 0 Å². The van der Waals surface area contributed by atoms with E-state index in [1.54, 1.807) is 0 Å². The van der Waals surface area contributed by atoms with Gasteiger partial charge in [0.05, 0.1) is 0 Å². The quantitative estimate of drug-likeness (QED) is 0.346. The summed E-state index contributed by atoms with van der Waals surface area (Å²) in [5, 5.41) is 0. The van der Waals surface area contributed by atoms with Gasteiger partial charge in [-0.3, -0.25) is 0 Å². The molecule has 1 aliphatic rings. The number of hydrogen-bond acceptors (Lipinski definition) is 0. The van der Waals surface area contributed by atoms with Gasteiger partial charge in [-0.05, 0) is 25.7 Å². The van der Waals surface area contributed by atoms with Crippen LogP contribution < -0.4 is 0 Å². The molecule has 0 atom stereocenters. The second kappa shape index (κ2) is 23.0. The summed E-state index contributed by atoms with van der Waals surface area (Å²) in [7, 11) is 0. The third-order valence-corrected chi connectivity index (χ3v) is 1.33. The van der Waals surface area contributed by atoms with E-state index in [1.807, 2.05) is 0 Å². The molecule has 14 heavy (non-hydrogen) atoms. The van der Waals surface area contributed by atoms with Crippen LogP contribution in [0.25, 0.3) is 0 Å². The monoisotopic (exact) mass is 281 g/mol. The largest absolute Gasteiger partial charge is 3.00 e. The molecule has 0 aliphatic heterocycles. The van der Waals surface area contributed by atoms with E-state index in [9.17, 15) is 0 Å². The third kappa shape index (κ3) is 22.6. The van der Waals surface area contributed by atoms with Crippen LogP contribution in [0.3, 0.4) is 0 Å². The fraction of sp³-hybridized carbons (Fsp3) is 0.308. The molecule has 83 valence electrons. The summed E-state index contributed by atoms with van der Waals surface area (Å²) < 4.78 is 0. The summed E-state index contributed by atoms with van der Waals surface area (Å²) in [4.78, 5) is 0. The zero-order chi connectivity index (χ0) is 8.36. The Morgan fingerprint density at radius 2 is 1.00 bits per heavy atom. The molecule has 1 radical (unpaired) electrons. The number of allylic oxidation sites excluding steroid dienone is 5. The van der Waals surface area contributed by atoms with Gasteiger partial charge in [-0.15, -0.1) is 0 Å². The van der Waals surface area contributed by atoms with Crippen molar-refractivity contribution < 1.29 is 19.5 Å². The zero-order valence-electron chi connectivity index (χ0n) is 9.48. The average Bonchev–Trinajstić information content (AvgIpc) is 1.86. The molecule has 0 bridgehead atoms. The fourth-order valence-corrected chi connectivity index (χ4v) is 0.856. The van der Waals surface area contributed by atoms with Gasteiger partial charge in [0.2, 0.25) is 0 Å². The smallest absolute Gasteiger partial charge is 0.358 e. The summed E-state index contributed by atoms with van der Waals surface area (Å²) >= 11 is 0. The van der Waals surface area contributed by atoms with Crippen LogP contribution >= 0.6 is 0 Å². The maximum absolute atomic E-state index is 3.25. The molecule has 0 saturated heterocycles. The third-order valence-electron chi connectivity index (χ3n) is 1.33. The number of rotatable bonds is 0. The van der Waals surface area contributed by atoms with Gasteiger partial charge in [-0.1, -0.05) is 24.3 Å². The van der Waals surface area contributed by atoms with Crippen molar-refractivity contribution in [1.82, 2.24) is 0 Å². The second-order valence-corrected chi connectivity index (χ2v) is 2.39. The zero-order valence-corrected chi connectivity index (χ0v) is 11.2. The van der Waals surface area contributed by atoms with Crippen molar-refractivity contribution >= 4 is 0 Å². The molecule has 0 aromatic carbocycles. The predicted molar refractivity (Wildman–Crippen MR) is 65.1 cm³/mol. The van der Waals surface area contributed by atoms with Gasteiger partial charge < -0.3 is 14.9 Å². The molecule has 0 N–H and O–H groups in total. The Morgan fingerprint density at radius 1 is 0.857 bits per heavy atom. The van der Waals surface area contributed by atoms with E-state index >= 15 is 0 Å². The minimum absolute atomic E-state index is 0. The molecule has 1 heteroatoms. The Hall–Kier alpha value is -0.287. The summed E-state index contributed by atoms with van der Waals surface area (Å²) in [6, 6.07) is 0. The van der Waals surface area contributed by atoms with E-state index in [4.69, 9.17) is 0 Å². The van der Waals surface area contributed by atoms with E-state index < -0.39 is 0 Å². The Morgan fingerprint density at radius 3 is 1.14 bits per heavy atom. The van der Waals surface area contributed by atoms with Crippen molar-refractivity contribution in [3.8, 4) is 0 Å². The van der Waals surface area contributed by atoms with E-state index in [0.29, 0.717) is 0 Å². The summed E-state index contributed by atoms with van der Waals surface area (Å²) in [6.07, 6.45) is 15.5. The molecule has 0 aromatic heterocycles. The van der Waals surface area contributed by atoms with Crippen LogP contribution in [-0.2, 0) is 19.5 Å². The van der Waals surface area contributed by atoms with Crippen LogP contribution in [0.15, 0.2) is 37.0 Å². The SMILES string of the molecule is C1=CCC/C=C\CC1.C=C[CH2-].[CH3-].[CH3-].[Ru+3].